The molecule has 0 bridgehead atoms. The summed E-state index contributed by atoms with van der Waals surface area (Å²) in [5, 5.41) is 4.27. The van der Waals surface area contributed by atoms with Crippen molar-refractivity contribution in [1.82, 2.24) is 19.7 Å². The van der Waals surface area contributed by atoms with Crippen molar-refractivity contribution in [1.29, 1.82) is 0 Å². The molecule has 0 aliphatic carbocycles. The fourth-order valence-corrected chi connectivity index (χ4v) is 3.44. The lowest BCUT2D eigenvalue weighted by atomic mass is 9.94. The molecule has 1 aromatic rings. The number of aliphatic imine (C=N–C) groups is 1. The van der Waals surface area contributed by atoms with E-state index in [0.717, 1.165) is 30.0 Å². The molecule has 7 heteroatoms. The van der Waals surface area contributed by atoms with E-state index >= 15 is 0 Å². The van der Waals surface area contributed by atoms with Crippen LogP contribution in [0.15, 0.2) is 17.3 Å². The SMILES string of the molecule is CN=C(NCCC1CCN(C)CC1)N(C)Cc1cc(Cl)cn1C.I. The van der Waals surface area contributed by atoms with Gasteiger partial charge in [0.15, 0.2) is 5.96 Å². The summed E-state index contributed by atoms with van der Waals surface area (Å²) in [6.07, 6.45) is 5.78. The van der Waals surface area contributed by atoms with Gasteiger partial charge in [0.1, 0.15) is 0 Å². The zero-order valence-corrected chi connectivity index (χ0v) is 18.3. The Bertz CT molecular complexity index is 523. The lowest BCUT2D eigenvalue weighted by molar-refractivity contribution is 0.212. The summed E-state index contributed by atoms with van der Waals surface area (Å²) in [6, 6.07) is 2.00. The highest BCUT2D eigenvalue weighted by molar-refractivity contribution is 14.0. The predicted octanol–water partition coefficient (Wildman–Crippen LogP) is 3.04. The minimum Gasteiger partial charge on any atom is -0.356 e. The van der Waals surface area contributed by atoms with Gasteiger partial charge in [-0.2, -0.15) is 0 Å². The van der Waals surface area contributed by atoms with E-state index in [-0.39, 0.29) is 24.0 Å². The highest BCUT2D eigenvalue weighted by Crippen LogP contribution is 2.19. The molecule has 0 radical (unpaired) electrons. The lowest BCUT2D eigenvalue weighted by Gasteiger charge is -2.29. The van der Waals surface area contributed by atoms with Gasteiger partial charge < -0.3 is 19.7 Å². The van der Waals surface area contributed by atoms with Crippen molar-refractivity contribution in [2.24, 2.45) is 18.0 Å². The van der Waals surface area contributed by atoms with Crippen molar-refractivity contribution in [2.75, 3.05) is 40.8 Å². The van der Waals surface area contributed by atoms with Crippen LogP contribution in [0.1, 0.15) is 25.0 Å². The first kappa shape index (κ1) is 21.6. The minimum atomic E-state index is 0. The van der Waals surface area contributed by atoms with Crippen LogP contribution in [0, 0.1) is 5.92 Å². The van der Waals surface area contributed by atoms with Gasteiger partial charge in [-0.3, -0.25) is 4.99 Å². The molecule has 2 heterocycles. The molecule has 1 aromatic heterocycles. The molecule has 0 atom stereocenters. The largest absolute Gasteiger partial charge is 0.356 e. The van der Waals surface area contributed by atoms with Crippen molar-refractivity contribution in [3.63, 3.8) is 0 Å². The Labute approximate surface area is 168 Å². The summed E-state index contributed by atoms with van der Waals surface area (Å²) < 4.78 is 2.06. The van der Waals surface area contributed by atoms with E-state index in [1.807, 2.05) is 26.4 Å². The molecule has 1 saturated heterocycles. The second-order valence-corrected chi connectivity index (χ2v) is 7.06. The number of likely N-dealkylation sites (tertiary alicyclic amines) is 1. The molecule has 1 aliphatic rings. The molecule has 24 heavy (non-hydrogen) atoms. The average Bonchev–Trinajstić information content (AvgIpc) is 2.83. The Balaban J connectivity index is 0.00000288. The lowest BCUT2D eigenvalue weighted by Crippen LogP contribution is -2.40. The van der Waals surface area contributed by atoms with E-state index in [1.54, 1.807) is 0 Å². The third-order valence-electron chi connectivity index (χ3n) is 4.72. The van der Waals surface area contributed by atoms with Gasteiger partial charge in [-0.25, -0.2) is 0 Å². The van der Waals surface area contributed by atoms with E-state index in [2.05, 4.69) is 38.8 Å². The molecule has 1 N–H and O–H groups in total. The van der Waals surface area contributed by atoms with Crippen molar-refractivity contribution in [3.05, 3.63) is 23.0 Å². The number of halogens is 2. The van der Waals surface area contributed by atoms with Crippen molar-refractivity contribution in [3.8, 4) is 0 Å². The zero-order chi connectivity index (χ0) is 16.8. The van der Waals surface area contributed by atoms with Gasteiger partial charge in [0, 0.05) is 39.6 Å². The van der Waals surface area contributed by atoms with Crippen LogP contribution in [0.5, 0.6) is 0 Å². The number of aromatic nitrogens is 1. The maximum absolute atomic E-state index is 6.05. The van der Waals surface area contributed by atoms with Gasteiger partial charge in [-0.1, -0.05) is 11.6 Å². The third kappa shape index (κ3) is 6.44. The Morgan fingerprint density at radius 3 is 2.58 bits per heavy atom. The van der Waals surface area contributed by atoms with Crippen LogP contribution in [0.4, 0.5) is 0 Å². The first-order chi connectivity index (χ1) is 11.0. The number of guanidine groups is 1. The number of aryl methyl sites for hydroxylation is 1. The highest BCUT2D eigenvalue weighted by Gasteiger charge is 2.16. The Kier molecular flexibility index (Phi) is 9.44. The van der Waals surface area contributed by atoms with Crippen LogP contribution in [-0.2, 0) is 13.6 Å². The van der Waals surface area contributed by atoms with Gasteiger partial charge >= 0.3 is 0 Å². The molecular formula is C17H31ClIN5. The molecule has 0 saturated carbocycles. The normalized spacial score (nSPS) is 16.8. The number of piperidine rings is 1. The van der Waals surface area contributed by atoms with Crippen molar-refractivity contribution in [2.45, 2.75) is 25.8 Å². The molecule has 138 valence electrons. The molecule has 0 amide bonds. The number of nitrogens with one attached hydrogen (secondary N) is 1. The summed E-state index contributed by atoms with van der Waals surface area (Å²) in [4.78, 5) is 8.95. The quantitative estimate of drug-likeness (QED) is 0.411. The topological polar surface area (TPSA) is 35.8 Å². The zero-order valence-electron chi connectivity index (χ0n) is 15.3. The maximum Gasteiger partial charge on any atom is 0.193 e. The van der Waals surface area contributed by atoms with Crippen LogP contribution < -0.4 is 5.32 Å². The first-order valence-corrected chi connectivity index (χ1v) is 8.78. The van der Waals surface area contributed by atoms with Crippen LogP contribution in [0.2, 0.25) is 5.02 Å². The second kappa shape index (κ2) is 10.5. The molecule has 5 nitrogen and oxygen atoms in total. The number of nitrogens with zero attached hydrogens (tertiary/aromatic N) is 4. The number of rotatable bonds is 5. The first-order valence-electron chi connectivity index (χ1n) is 8.40. The number of hydrogen-bond donors (Lipinski definition) is 1. The van der Waals surface area contributed by atoms with Crippen molar-refractivity contribution >= 4 is 41.5 Å². The fourth-order valence-electron chi connectivity index (χ4n) is 3.16. The molecule has 0 aromatic carbocycles. The monoisotopic (exact) mass is 467 g/mol. The van der Waals surface area contributed by atoms with Gasteiger partial charge in [0.2, 0.25) is 0 Å². The molecule has 0 unspecified atom stereocenters. The summed E-state index contributed by atoms with van der Waals surface area (Å²) in [6.45, 7) is 4.23. The highest BCUT2D eigenvalue weighted by atomic mass is 127. The third-order valence-corrected chi connectivity index (χ3v) is 4.93. The Hall–Kier alpha value is -0.470. The summed E-state index contributed by atoms with van der Waals surface area (Å²) in [5.41, 5.74) is 1.18. The summed E-state index contributed by atoms with van der Waals surface area (Å²) >= 11 is 6.05. The standard InChI is InChI=1S/C17H30ClN5.HI/c1-19-17(20-8-5-14-6-9-21(2)10-7-14)23(4)13-16-11-15(18)12-22(16)3;/h11-12,14H,5-10,13H2,1-4H3,(H,19,20);1H. The van der Waals surface area contributed by atoms with E-state index in [1.165, 1.54) is 38.0 Å². The van der Waals surface area contributed by atoms with Gasteiger partial charge in [0.05, 0.1) is 11.6 Å². The van der Waals surface area contributed by atoms with Crippen LogP contribution >= 0.6 is 35.6 Å². The smallest absolute Gasteiger partial charge is 0.193 e. The average molecular weight is 468 g/mol. The Morgan fingerprint density at radius 1 is 1.38 bits per heavy atom. The van der Waals surface area contributed by atoms with Gasteiger partial charge in [-0.15, -0.1) is 24.0 Å². The van der Waals surface area contributed by atoms with Crippen LogP contribution in [0.3, 0.4) is 0 Å². The Morgan fingerprint density at radius 2 is 2.04 bits per heavy atom. The molecular weight excluding hydrogens is 437 g/mol. The maximum atomic E-state index is 6.05. The summed E-state index contributed by atoms with van der Waals surface area (Å²) in [7, 11) is 8.13. The number of hydrogen-bond acceptors (Lipinski definition) is 2. The summed E-state index contributed by atoms with van der Waals surface area (Å²) in [5.74, 6) is 1.78. The van der Waals surface area contributed by atoms with E-state index < -0.39 is 0 Å². The predicted molar refractivity (Wildman–Crippen MR) is 114 cm³/mol. The minimum absolute atomic E-state index is 0. The second-order valence-electron chi connectivity index (χ2n) is 6.63. The molecule has 0 spiro atoms. The molecule has 1 aliphatic heterocycles. The fraction of sp³-hybridized carbons (Fsp3) is 0.706. The molecule has 1 fully saturated rings. The van der Waals surface area contributed by atoms with Crippen molar-refractivity contribution < 1.29 is 0 Å². The van der Waals surface area contributed by atoms with Crippen LogP contribution in [-0.4, -0.2) is 61.1 Å². The van der Waals surface area contributed by atoms with E-state index in [0.29, 0.717) is 0 Å². The molecule has 2 rings (SSSR count). The van der Waals surface area contributed by atoms with Crippen LogP contribution in [0.25, 0.3) is 0 Å². The van der Waals surface area contributed by atoms with E-state index in [4.69, 9.17) is 11.6 Å². The van der Waals surface area contributed by atoms with E-state index in [9.17, 15) is 0 Å². The van der Waals surface area contributed by atoms with Gasteiger partial charge in [0.25, 0.3) is 0 Å². The van der Waals surface area contributed by atoms with Gasteiger partial charge in [-0.05, 0) is 51.4 Å².